The number of aliphatic carboxylic acids is 1. The molecule has 1 aromatic heterocycles. The molecule has 2 heterocycles. The van der Waals surface area contributed by atoms with Gasteiger partial charge in [-0.05, 0) is 32.8 Å². The smallest absolute Gasteiger partial charge is 0.332 e. The maximum Gasteiger partial charge on any atom is 0.332 e. The SMILES string of the molecule is CC(C)n1cc(Cl)cc1C(=O)NCC1CCC(C(=O)O)O1. The van der Waals surface area contributed by atoms with Crippen molar-refractivity contribution in [3.8, 4) is 0 Å². The fourth-order valence-corrected chi connectivity index (χ4v) is 2.60. The summed E-state index contributed by atoms with van der Waals surface area (Å²) in [5.74, 6) is -1.19. The van der Waals surface area contributed by atoms with E-state index in [2.05, 4.69) is 5.32 Å². The summed E-state index contributed by atoms with van der Waals surface area (Å²) in [6.07, 6.45) is 1.80. The zero-order valence-electron chi connectivity index (χ0n) is 12.0. The van der Waals surface area contributed by atoms with E-state index in [1.165, 1.54) is 0 Å². The molecule has 116 valence electrons. The van der Waals surface area contributed by atoms with E-state index >= 15 is 0 Å². The van der Waals surface area contributed by atoms with Gasteiger partial charge in [0.05, 0.1) is 11.1 Å². The summed E-state index contributed by atoms with van der Waals surface area (Å²) in [5, 5.41) is 12.1. The number of carboxylic acids is 1. The molecule has 7 heteroatoms. The van der Waals surface area contributed by atoms with Gasteiger partial charge in [-0.3, -0.25) is 4.79 Å². The quantitative estimate of drug-likeness (QED) is 0.872. The van der Waals surface area contributed by atoms with Crippen molar-refractivity contribution >= 4 is 23.5 Å². The van der Waals surface area contributed by atoms with E-state index in [-0.39, 0.29) is 18.1 Å². The first-order chi connectivity index (χ1) is 9.88. The van der Waals surface area contributed by atoms with Crippen LogP contribution in [-0.2, 0) is 9.53 Å². The Labute approximate surface area is 128 Å². The minimum Gasteiger partial charge on any atom is -0.479 e. The van der Waals surface area contributed by atoms with Crippen LogP contribution in [0.1, 0.15) is 43.2 Å². The van der Waals surface area contributed by atoms with Gasteiger partial charge < -0.3 is 19.7 Å². The Morgan fingerprint density at radius 2 is 2.24 bits per heavy atom. The van der Waals surface area contributed by atoms with Crippen LogP contribution in [0.15, 0.2) is 12.3 Å². The number of ether oxygens (including phenoxy) is 1. The molecule has 1 amide bonds. The molecule has 1 saturated heterocycles. The second-order valence-corrected chi connectivity index (χ2v) is 5.85. The van der Waals surface area contributed by atoms with Crippen LogP contribution in [0.5, 0.6) is 0 Å². The lowest BCUT2D eigenvalue weighted by Gasteiger charge is -2.15. The molecular formula is C14H19ClN2O4. The zero-order chi connectivity index (χ0) is 15.6. The van der Waals surface area contributed by atoms with E-state index in [1.54, 1.807) is 16.8 Å². The number of nitrogens with zero attached hydrogens (tertiary/aromatic N) is 1. The third kappa shape index (κ3) is 3.77. The van der Waals surface area contributed by atoms with Gasteiger partial charge in [0.1, 0.15) is 5.69 Å². The number of amides is 1. The molecule has 1 aromatic rings. The summed E-state index contributed by atoms with van der Waals surface area (Å²) in [4.78, 5) is 23.0. The molecule has 1 aliphatic rings. The van der Waals surface area contributed by atoms with Crippen LogP contribution in [0, 0.1) is 0 Å². The van der Waals surface area contributed by atoms with Crippen LogP contribution < -0.4 is 5.32 Å². The lowest BCUT2D eigenvalue weighted by atomic mass is 10.2. The molecule has 0 radical (unpaired) electrons. The Bertz CT molecular complexity index is 541. The van der Waals surface area contributed by atoms with E-state index < -0.39 is 12.1 Å². The lowest BCUT2D eigenvalue weighted by Crippen LogP contribution is -2.34. The Hall–Kier alpha value is -1.53. The van der Waals surface area contributed by atoms with Crippen LogP contribution in [-0.4, -0.2) is 40.3 Å². The van der Waals surface area contributed by atoms with Crippen LogP contribution in [0.2, 0.25) is 5.02 Å². The summed E-state index contributed by atoms with van der Waals surface area (Å²) in [5.41, 5.74) is 0.489. The van der Waals surface area contributed by atoms with Gasteiger partial charge in [0.25, 0.3) is 5.91 Å². The van der Waals surface area contributed by atoms with Crippen molar-refractivity contribution in [2.45, 2.75) is 44.9 Å². The Morgan fingerprint density at radius 1 is 1.52 bits per heavy atom. The molecule has 2 atom stereocenters. The van der Waals surface area contributed by atoms with E-state index in [1.807, 2.05) is 13.8 Å². The third-order valence-electron chi connectivity index (χ3n) is 3.48. The van der Waals surface area contributed by atoms with Gasteiger partial charge in [-0.25, -0.2) is 4.79 Å². The van der Waals surface area contributed by atoms with Crippen LogP contribution in [0.25, 0.3) is 0 Å². The number of hydrogen-bond acceptors (Lipinski definition) is 3. The highest BCUT2D eigenvalue weighted by molar-refractivity contribution is 6.31. The number of hydrogen-bond donors (Lipinski definition) is 2. The maximum absolute atomic E-state index is 12.2. The van der Waals surface area contributed by atoms with E-state index in [4.69, 9.17) is 21.4 Å². The number of halogens is 1. The highest BCUT2D eigenvalue weighted by Crippen LogP contribution is 2.21. The average Bonchev–Trinajstić information content (AvgIpc) is 3.02. The highest BCUT2D eigenvalue weighted by Gasteiger charge is 2.30. The Morgan fingerprint density at radius 3 is 2.81 bits per heavy atom. The van der Waals surface area contributed by atoms with Crippen LogP contribution in [0.3, 0.4) is 0 Å². The standard InChI is InChI=1S/C14H19ClN2O4/c1-8(2)17-7-9(15)5-11(17)13(18)16-6-10-3-4-12(21-10)14(19)20/h5,7-8,10,12H,3-4,6H2,1-2H3,(H,16,18)(H,19,20). The minimum absolute atomic E-state index is 0.123. The Kier molecular flexibility index (Phi) is 4.90. The molecule has 1 fully saturated rings. The van der Waals surface area contributed by atoms with Gasteiger partial charge in [0, 0.05) is 18.8 Å². The van der Waals surface area contributed by atoms with Gasteiger partial charge >= 0.3 is 5.97 Å². The summed E-state index contributed by atoms with van der Waals surface area (Å²) in [6, 6.07) is 1.74. The van der Waals surface area contributed by atoms with Crippen LogP contribution >= 0.6 is 11.6 Å². The second kappa shape index (κ2) is 6.49. The van der Waals surface area contributed by atoms with Crippen molar-refractivity contribution in [2.24, 2.45) is 0 Å². The molecule has 0 bridgehead atoms. The van der Waals surface area contributed by atoms with Crippen molar-refractivity contribution in [3.63, 3.8) is 0 Å². The molecular weight excluding hydrogens is 296 g/mol. The van der Waals surface area contributed by atoms with E-state index in [0.717, 1.165) is 0 Å². The molecule has 21 heavy (non-hydrogen) atoms. The molecule has 0 saturated carbocycles. The predicted molar refractivity (Wildman–Crippen MR) is 77.7 cm³/mol. The van der Waals surface area contributed by atoms with Crippen molar-refractivity contribution < 1.29 is 19.4 Å². The van der Waals surface area contributed by atoms with Gasteiger partial charge in [-0.15, -0.1) is 0 Å². The molecule has 2 unspecified atom stereocenters. The average molecular weight is 315 g/mol. The summed E-state index contributed by atoms with van der Waals surface area (Å²) >= 11 is 5.94. The fraction of sp³-hybridized carbons (Fsp3) is 0.571. The number of carbonyl (C=O) groups is 2. The van der Waals surface area contributed by atoms with Gasteiger partial charge in [0.15, 0.2) is 6.10 Å². The van der Waals surface area contributed by atoms with Crippen molar-refractivity contribution in [2.75, 3.05) is 6.54 Å². The van der Waals surface area contributed by atoms with Gasteiger partial charge in [-0.2, -0.15) is 0 Å². The number of carboxylic acid groups (broad SMARTS) is 1. The second-order valence-electron chi connectivity index (χ2n) is 5.42. The third-order valence-corrected chi connectivity index (χ3v) is 3.68. The molecule has 0 spiro atoms. The maximum atomic E-state index is 12.2. The minimum atomic E-state index is -0.954. The van der Waals surface area contributed by atoms with Crippen molar-refractivity contribution in [1.29, 1.82) is 0 Å². The first-order valence-corrected chi connectivity index (χ1v) is 7.30. The molecule has 6 nitrogen and oxygen atoms in total. The molecule has 1 aliphatic heterocycles. The fourth-order valence-electron chi connectivity index (χ4n) is 2.39. The lowest BCUT2D eigenvalue weighted by molar-refractivity contribution is -0.149. The number of rotatable bonds is 5. The predicted octanol–water partition coefficient (Wildman–Crippen LogP) is 2.08. The highest BCUT2D eigenvalue weighted by atomic mass is 35.5. The normalized spacial score (nSPS) is 21.7. The summed E-state index contributed by atoms with van der Waals surface area (Å²) < 4.78 is 7.14. The number of carbonyl (C=O) groups excluding carboxylic acids is 1. The molecule has 0 aromatic carbocycles. The monoisotopic (exact) mass is 314 g/mol. The van der Waals surface area contributed by atoms with E-state index in [9.17, 15) is 9.59 Å². The largest absolute Gasteiger partial charge is 0.479 e. The van der Waals surface area contributed by atoms with E-state index in [0.29, 0.717) is 30.1 Å². The zero-order valence-corrected chi connectivity index (χ0v) is 12.8. The summed E-state index contributed by atoms with van der Waals surface area (Å²) in [7, 11) is 0. The van der Waals surface area contributed by atoms with Crippen molar-refractivity contribution in [1.82, 2.24) is 9.88 Å². The molecule has 2 rings (SSSR count). The topological polar surface area (TPSA) is 80.6 Å². The van der Waals surface area contributed by atoms with Gasteiger partial charge in [0.2, 0.25) is 0 Å². The first-order valence-electron chi connectivity index (χ1n) is 6.92. The summed E-state index contributed by atoms with van der Waals surface area (Å²) in [6.45, 7) is 4.22. The first kappa shape index (κ1) is 15.9. The number of nitrogens with one attached hydrogen (secondary N) is 1. The molecule has 2 N–H and O–H groups in total. The van der Waals surface area contributed by atoms with Crippen molar-refractivity contribution in [3.05, 3.63) is 23.0 Å². The van der Waals surface area contributed by atoms with Crippen LogP contribution in [0.4, 0.5) is 0 Å². The Balaban J connectivity index is 1.92. The van der Waals surface area contributed by atoms with Gasteiger partial charge in [-0.1, -0.05) is 11.6 Å². The number of aromatic nitrogens is 1. The molecule has 0 aliphatic carbocycles.